The molecule has 1 heterocycles. The number of aromatic nitrogens is 1. The van der Waals surface area contributed by atoms with Crippen molar-refractivity contribution in [3.63, 3.8) is 0 Å². The van der Waals surface area contributed by atoms with Gasteiger partial charge in [-0.05, 0) is 62.9 Å². The Kier molecular flexibility index (Phi) is 5.15. The Bertz CT molecular complexity index is 1020. The Morgan fingerprint density at radius 3 is 2.28 bits per heavy atom. The molecule has 0 unspecified atom stereocenters. The first-order chi connectivity index (χ1) is 13.4. The molecular weight excluding hydrogens is 368 g/mol. The number of carbonyl (C=O) groups excluding carboxylic acids is 2. The second-order valence-electron chi connectivity index (χ2n) is 9.40. The zero-order chi connectivity index (χ0) is 21.6. The number of Topliss-reactive ketones (excluding diaryl/α,β-unsaturated/α-hetero) is 1. The number of amides is 1. The predicted molar refractivity (Wildman–Crippen MR) is 112 cm³/mol. The molecule has 0 radical (unpaired) electrons. The van der Waals surface area contributed by atoms with Crippen LogP contribution in [0, 0.1) is 5.41 Å². The van der Waals surface area contributed by atoms with E-state index in [1.165, 1.54) is 10.6 Å². The predicted octanol–water partition coefficient (Wildman–Crippen LogP) is 3.53. The highest BCUT2D eigenvalue weighted by Crippen LogP contribution is 2.35. The Balaban J connectivity index is 2.27. The number of hydrogen-bond acceptors (Lipinski definition) is 4. The summed E-state index contributed by atoms with van der Waals surface area (Å²) in [5.74, 6) is 0.127. The van der Waals surface area contributed by atoms with Crippen LogP contribution in [0.15, 0.2) is 35.1 Å². The molecule has 0 aliphatic heterocycles. The molecule has 6 nitrogen and oxygen atoms in total. The van der Waals surface area contributed by atoms with E-state index in [1.54, 1.807) is 31.4 Å². The molecule has 3 rings (SSSR count). The standard InChI is InChI=1S/C23H28N2O4/c1-22(2,3)24-20(27)17-11-16-18(12-23(4,5)13-19(16)26)25(21(17)28)14-7-9-15(29-6)10-8-14/h7-11H,12-13H2,1-6H3,(H,24,27). The normalized spacial score (nSPS) is 15.6. The van der Waals surface area contributed by atoms with E-state index in [2.05, 4.69) is 5.32 Å². The maximum absolute atomic E-state index is 13.4. The van der Waals surface area contributed by atoms with Gasteiger partial charge in [-0.15, -0.1) is 0 Å². The average Bonchev–Trinajstić information content (AvgIpc) is 2.59. The van der Waals surface area contributed by atoms with Crippen molar-refractivity contribution in [2.45, 2.75) is 53.0 Å². The second kappa shape index (κ2) is 7.17. The highest BCUT2D eigenvalue weighted by Gasteiger charge is 2.35. The number of methoxy groups -OCH3 is 1. The molecule has 1 aliphatic rings. The van der Waals surface area contributed by atoms with Crippen LogP contribution in [0.1, 0.15) is 67.4 Å². The van der Waals surface area contributed by atoms with Gasteiger partial charge in [0.25, 0.3) is 11.5 Å². The number of hydrogen-bond donors (Lipinski definition) is 1. The van der Waals surface area contributed by atoms with Gasteiger partial charge in [-0.2, -0.15) is 0 Å². The van der Waals surface area contributed by atoms with E-state index < -0.39 is 17.0 Å². The van der Waals surface area contributed by atoms with Crippen LogP contribution in [0.4, 0.5) is 0 Å². The monoisotopic (exact) mass is 396 g/mol. The Labute approximate surface area is 170 Å². The highest BCUT2D eigenvalue weighted by atomic mass is 16.5. The third-order valence-corrected chi connectivity index (χ3v) is 4.95. The molecule has 29 heavy (non-hydrogen) atoms. The van der Waals surface area contributed by atoms with E-state index in [4.69, 9.17) is 4.74 Å². The molecule has 154 valence electrons. The number of fused-ring (bicyclic) bond motifs is 1. The number of rotatable bonds is 3. The van der Waals surface area contributed by atoms with Crippen molar-refractivity contribution in [1.29, 1.82) is 0 Å². The maximum Gasteiger partial charge on any atom is 0.268 e. The van der Waals surface area contributed by atoms with Gasteiger partial charge >= 0.3 is 0 Å². The summed E-state index contributed by atoms with van der Waals surface area (Å²) in [5, 5.41) is 2.83. The van der Waals surface area contributed by atoms with Crippen LogP contribution >= 0.6 is 0 Å². The molecule has 6 heteroatoms. The summed E-state index contributed by atoms with van der Waals surface area (Å²) in [6.07, 6.45) is 0.942. The van der Waals surface area contributed by atoms with E-state index in [0.717, 1.165) is 0 Å². The molecule has 2 aromatic rings. The fraction of sp³-hybridized carbons (Fsp3) is 0.435. The first-order valence-electron chi connectivity index (χ1n) is 9.71. The van der Waals surface area contributed by atoms with E-state index in [1.807, 2.05) is 34.6 Å². The molecule has 1 aliphatic carbocycles. The van der Waals surface area contributed by atoms with Crippen molar-refractivity contribution in [2.75, 3.05) is 7.11 Å². The fourth-order valence-corrected chi connectivity index (χ4v) is 3.69. The summed E-state index contributed by atoms with van der Waals surface area (Å²) >= 11 is 0. The van der Waals surface area contributed by atoms with Crippen LogP contribution < -0.4 is 15.6 Å². The van der Waals surface area contributed by atoms with Crippen molar-refractivity contribution >= 4 is 11.7 Å². The van der Waals surface area contributed by atoms with E-state index >= 15 is 0 Å². The zero-order valence-electron chi connectivity index (χ0n) is 17.9. The molecule has 1 N–H and O–H groups in total. The van der Waals surface area contributed by atoms with Gasteiger partial charge < -0.3 is 10.1 Å². The van der Waals surface area contributed by atoms with Gasteiger partial charge in [0.05, 0.1) is 7.11 Å². The second-order valence-corrected chi connectivity index (χ2v) is 9.40. The van der Waals surface area contributed by atoms with Crippen LogP contribution in [0.25, 0.3) is 5.69 Å². The number of benzene rings is 1. The maximum atomic E-state index is 13.4. The lowest BCUT2D eigenvalue weighted by atomic mass is 9.75. The van der Waals surface area contributed by atoms with Gasteiger partial charge in [0.1, 0.15) is 11.3 Å². The van der Waals surface area contributed by atoms with Crippen molar-refractivity contribution in [3.8, 4) is 11.4 Å². The summed E-state index contributed by atoms with van der Waals surface area (Å²) in [5.41, 5.74) is 0.468. The topological polar surface area (TPSA) is 77.4 Å². The van der Waals surface area contributed by atoms with Gasteiger partial charge in [-0.1, -0.05) is 13.8 Å². The molecule has 0 atom stereocenters. The van der Waals surface area contributed by atoms with Gasteiger partial charge in [-0.25, -0.2) is 0 Å². The lowest BCUT2D eigenvalue weighted by Crippen LogP contribution is -2.44. The first-order valence-corrected chi connectivity index (χ1v) is 9.71. The Morgan fingerprint density at radius 2 is 1.72 bits per heavy atom. The summed E-state index contributed by atoms with van der Waals surface area (Å²) in [4.78, 5) is 39.1. The van der Waals surface area contributed by atoms with Crippen LogP contribution in [0.3, 0.4) is 0 Å². The lowest BCUT2D eigenvalue weighted by molar-refractivity contribution is 0.0908. The zero-order valence-corrected chi connectivity index (χ0v) is 17.9. The largest absolute Gasteiger partial charge is 0.497 e. The van der Waals surface area contributed by atoms with Gasteiger partial charge in [-0.3, -0.25) is 19.0 Å². The van der Waals surface area contributed by atoms with E-state index in [-0.39, 0.29) is 16.8 Å². The van der Waals surface area contributed by atoms with Crippen molar-refractivity contribution in [1.82, 2.24) is 9.88 Å². The molecule has 0 saturated heterocycles. The van der Waals surface area contributed by atoms with Crippen LogP contribution in [0.5, 0.6) is 5.75 Å². The van der Waals surface area contributed by atoms with Crippen LogP contribution in [-0.2, 0) is 6.42 Å². The third-order valence-electron chi connectivity index (χ3n) is 4.95. The first kappa shape index (κ1) is 20.8. The number of nitrogens with zero attached hydrogens (tertiary/aromatic N) is 1. The minimum Gasteiger partial charge on any atom is -0.497 e. The number of nitrogens with one attached hydrogen (secondary N) is 1. The lowest BCUT2D eigenvalue weighted by Gasteiger charge is -2.32. The van der Waals surface area contributed by atoms with Crippen molar-refractivity contribution in [3.05, 3.63) is 57.5 Å². The minimum atomic E-state index is -0.504. The van der Waals surface area contributed by atoms with Gasteiger partial charge in [0, 0.05) is 28.9 Å². The van der Waals surface area contributed by atoms with Crippen molar-refractivity contribution < 1.29 is 14.3 Å². The van der Waals surface area contributed by atoms with E-state index in [9.17, 15) is 14.4 Å². The smallest absolute Gasteiger partial charge is 0.268 e. The SMILES string of the molecule is COc1ccc(-n2c3c(cc(C(=O)NC(C)(C)C)c2=O)C(=O)CC(C)(C)C3)cc1. The number of ketones is 1. The summed E-state index contributed by atoms with van der Waals surface area (Å²) < 4.78 is 6.71. The Hall–Kier alpha value is -2.89. The summed E-state index contributed by atoms with van der Waals surface area (Å²) in [6, 6.07) is 8.50. The Morgan fingerprint density at radius 1 is 1.10 bits per heavy atom. The molecule has 0 bridgehead atoms. The number of carbonyl (C=O) groups is 2. The van der Waals surface area contributed by atoms with Crippen molar-refractivity contribution in [2.24, 2.45) is 5.41 Å². The molecule has 0 fully saturated rings. The number of pyridine rings is 1. The van der Waals surface area contributed by atoms with Gasteiger partial charge in [0.2, 0.25) is 0 Å². The minimum absolute atomic E-state index is 0.0254. The molecule has 1 amide bonds. The van der Waals surface area contributed by atoms with Crippen LogP contribution in [-0.4, -0.2) is 28.9 Å². The average molecular weight is 396 g/mol. The highest BCUT2D eigenvalue weighted by molar-refractivity contribution is 6.02. The molecule has 0 spiro atoms. The fourth-order valence-electron chi connectivity index (χ4n) is 3.69. The summed E-state index contributed by atoms with van der Waals surface area (Å²) in [7, 11) is 1.57. The summed E-state index contributed by atoms with van der Waals surface area (Å²) in [6.45, 7) is 9.56. The quantitative estimate of drug-likeness (QED) is 0.861. The van der Waals surface area contributed by atoms with Gasteiger partial charge in [0.15, 0.2) is 5.78 Å². The molecule has 1 aromatic carbocycles. The van der Waals surface area contributed by atoms with E-state index in [0.29, 0.717) is 35.5 Å². The van der Waals surface area contributed by atoms with Crippen LogP contribution in [0.2, 0.25) is 0 Å². The molecule has 0 saturated carbocycles. The molecular formula is C23H28N2O4. The molecule has 1 aromatic heterocycles. The third kappa shape index (κ3) is 4.26. The number of ether oxygens (including phenoxy) is 1.